The van der Waals surface area contributed by atoms with Gasteiger partial charge in [-0.3, -0.25) is 4.79 Å². The molecule has 3 aromatic heterocycles. The van der Waals surface area contributed by atoms with Crippen LogP contribution < -0.4 is 0 Å². The summed E-state index contributed by atoms with van der Waals surface area (Å²) in [7, 11) is 0. The number of hydrogen-bond acceptors (Lipinski definition) is 4. The summed E-state index contributed by atoms with van der Waals surface area (Å²) in [4.78, 5) is 23.0. The molecule has 0 aromatic carbocycles. The summed E-state index contributed by atoms with van der Waals surface area (Å²) in [5.74, 6) is 0.829. The number of nitrogens with zero attached hydrogens (tertiary/aromatic N) is 6. The first-order chi connectivity index (χ1) is 10.6. The number of carbonyl (C=O) groups is 1. The second kappa shape index (κ2) is 4.91. The number of rotatable bonds is 1. The van der Waals surface area contributed by atoms with Crippen LogP contribution in [-0.2, 0) is 13.1 Å². The van der Waals surface area contributed by atoms with Gasteiger partial charge in [-0.05, 0) is 22.9 Å². The zero-order valence-corrected chi connectivity index (χ0v) is 13.5. The standard InChI is InChI=1S/C14H13BrN6O/c1-9-5-16-13-8-19(2-3-20(9)13)14(22)11-4-12-17-6-10(15)7-21(12)18-11/h4-7H,2-3,8H2,1H3. The molecule has 1 amide bonds. The molecule has 1 aliphatic heterocycles. The summed E-state index contributed by atoms with van der Waals surface area (Å²) in [5.41, 5.74) is 2.19. The summed E-state index contributed by atoms with van der Waals surface area (Å²) in [6, 6.07) is 1.71. The molecule has 22 heavy (non-hydrogen) atoms. The Morgan fingerprint density at radius 2 is 2.14 bits per heavy atom. The monoisotopic (exact) mass is 360 g/mol. The summed E-state index contributed by atoms with van der Waals surface area (Å²) >= 11 is 3.35. The average Bonchev–Trinajstić information content (AvgIpc) is 3.09. The van der Waals surface area contributed by atoms with Gasteiger partial charge in [0.05, 0.1) is 11.0 Å². The Balaban J connectivity index is 1.63. The van der Waals surface area contributed by atoms with Crippen molar-refractivity contribution in [1.29, 1.82) is 0 Å². The van der Waals surface area contributed by atoms with E-state index in [1.165, 1.54) is 0 Å². The van der Waals surface area contributed by atoms with E-state index < -0.39 is 0 Å². The van der Waals surface area contributed by atoms with Crippen LogP contribution in [0.3, 0.4) is 0 Å². The van der Waals surface area contributed by atoms with Crippen molar-refractivity contribution < 1.29 is 4.79 Å². The molecule has 0 aliphatic carbocycles. The van der Waals surface area contributed by atoms with E-state index in [9.17, 15) is 4.79 Å². The molecule has 0 saturated heterocycles. The van der Waals surface area contributed by atoms with E-state index >= 15 is 0 Å². The number of aromatic nitrogens is 5. The van der Waals surface area contributed by atoms with Gasteiger partial charge in [-0.2, -0.15) is 5.10 Å². The predicted molar refractivity (Wildman–Crippen MR) is 82.4 cm³/mol. The molecule has 8 heteroatoms. The van der Waals surface area contributed by atoms with Gasteiger partial charge in [-0.25, -0.2) is 14.5 Å². The minimum absolute atomic E-state index is 0.0893. The molecule has 0 unspecified atom stereocenters. The molecule has 0 atom stereocenters. The second-order valence-electron chi connectivity index (χ2n) is 5.30. The van der Waals surface area contributed by atoms with E-state index in [0.717, 1.165) is 22.5 Å². The molecular weight excluding hydrogens is 348 g/mol. The number of halogens is 1. The van der Waals surface area contributed by atoms with Crippen molar-refractivity contribution in [2.45, 2.75) is 20.0 Å². The van der Waals surface area contributed by atoms with Crippen LogP contribution in [0.2, 0.25) is 0 Å². The quantitative estimate of drug-likeness (QED) is 0.661. The third-order valence-corrected chi connectivity index (χ3v) is 4.26. The largest absolute Gasteiger partial charge is 0.329 e. The van der Waals surface area contributed by atoms with Crippen molar-refractivity contribution in [3.8, 4) is 0 Å². The highest BCUT2D eigenvalue weighted by atomic mass is 79.9. The predicted octanol–water partition coefficient (Wildman–Crippen LogP) is 1.65. The lowest BCUT2D eigenvalue weighted by Gasteiger charge is -2.27. The molecule has 0 bridgehead atoms. The molecule has 3 aromatic rings. The summed E-state index contributed by atoms with van der Waals surface area (Å²) in [6.07, 6.45) is 5.31. The Kier molecular flexibility index (Phi) is 3.00. The number of aryl methyl sites for hydroxylation is 1. The number of imidazole rings is 1. The van der Waals surface area contributed by atoms with E-state index in [0.29, 0.717) is 24.4 Å². The van der Waals surface area contributed by atoms with Gasteiger partial charge in [0.2, 0.25) is 0 Å². The van der Waals surface area contributed by atoms with Crippen LogP contribution in [0.5, 0.6) is 0 Å². The van der Waals surface area contributed by atoms with Crippen LogP contribution in [0.25, 0.3) is 5.65 Å². The smallest absolute Gasteiger partial charge is 0.274 e. The number of hydrogen-bond donors (Lipinski definition) is 0. The van der Waals surface area contributed by atoms with E-state index in [4.69, 9.17) is 0 Å². The second-order valence-corrected chi connectivity index (χ2v) is 6.21. The maximum absolute atomic E-state index is 12.6. The molecule has 0 saturated carbocycles. The van der Waals surface area contributed by atoms with Crippen molar-refractivity contribution >= 4 is 27.5 Å². The number of carbonyl (C=O) groups excluding carboxylic acids is 1. The zero-order valence-electron chi connectivity index (χ0n) is 11.9. The third kappa shape index (κ3) is 2.10. The number of fused-ring (bicyclic) bond motifs is 2. The van der Waals surface area contributed by atoms with Gasteiger partial charge in [-0.15, -0.1) is 0 Å². The van der Waals surface area contributed by atoms with E-state index in [-0.39, 0.29) is 5.91 Å². The summed E-state index contributed by atoms with van der Waals surface area (Å²) < 4.78 is 4.57. The lowest BCUT2D eigenvalue weighted by Crippen LogP contribution is -2.38. The Morgan fingerprint density at radius 1 is 1.27 bits per heavy atom. The first-order valence-electron chi connectivity index (χ1n) is 6.93. The Hall–Kier alpha value is -2.22. The molecular formula is C14H13BrN6O. The number of amides is 1. The fourth-order valence-corrected chi connectivity index (χ4v) is 3.00. The SMILES string of the molecule is Cc1cnc2n1CCN(C(=O)c1cc3ncc(Br)cn3n1)C2. The third-order valence-electron chi connectivity index (χ3n) is 3.85. The average molecular weight is 361 g/mol. The van der Waals surface area contributed by atoms with Gasteiger partial charge in [0.1, 0.15) is 5.82 Å². The molecule has 0 N–H and O–H groups in total. The van der Waals surface area contributed by atoms with Crippen LogP contribution in [0.1, 0.15) is 22.0 Å². The van der Waals surface area contributed by atoms with Crippen LogP contribution in [0.4, 0.5) is 0 Å². The molecule has 0 spiro atoms. The van der Waals surface area contributed by atoms with Gasteiger partial charge in [-0.1, -0.05) is 0 Å². The van der Waals surface area contributed by atoms with Gasteiger partial charge in [0, 0.05) is 43.4 Å². The molecule has 4 rings (SSSR count). The summed E-state index contributed by atoms with van der Waals surface area (Å²) in [5, 5.41) is 4.32. The minimum atomic E-state index is -0.0893. The van der Waals surface area contributed by atoms with Crippen molar-refractivity contribution in [1.82, 2.24) is 29.0 Å². The zero-order chi connectivity index (χ0) is 15.3. The minimum Gasteiger partial charge on any atom is -0.329 e. The van der Waals surface area contributed by atoms with Gasteiger partial charge in [0.25, 0.3) is 5.91 Å². The van der Waals surface area contributed by atoms with Crippen LogP contribution in [0, 0.1) is 6.92 Å². The van der Waals surface area contributed by atoms with E-state index in [2.05, 4.69) is 35.6 Å². The maximum atomic E-state index is 12.6. The van der Waals surface area contributed by atoms with Crippen molar-refractivity contribution in [2.75, 3.05) is 6.54 Å². The lowest BCUT2D eigenvalue weighted by atomic mass is 10.3. The topological polar surface area (TPSA) is 68.3 Å². The fraction of sp³-hybridized carbons (Fsp3) is 0.286. The van der Waals surface area contributed by atoms with Crippen LogP contribution in [0.15, 0.2) is 29.1 Å². The van der Waals surface area contributed by atoms with Crippen molar-refractivity contribution in [3.05, 3.63) is 46.3 Å². The van der Waals surface area contributed by atoms with E-state index in [1.54, 1.807) is 27.9 Å². The Morgan fingerprint density at radius 3 is 3.00 bits per heavy atom. The highest BCUT2D eigenvalue weighted by molar-refractivity contribution is 9.10. The Bertz CT molecular complexity index is 883. The van der Waals surface area contributed by atoms with Gasteiger partial charge in [0.15, 0.2) is 11.3 Å². The van der Waals surface area contributed by atoms with E-state index in [1.807, 2.05) is 13.1 Å². The molecule has 112 valence electrons. The highest BCUT2D eigenvalue weighted by Crippen LogP contribution is 2.17. The lowest BCUT2D eigenvalue weighted by molar-refractivity contribution is 0.0700. The maximum Gasteiger partial charge on any atom is 0.274 e. The summed E-state index contributed by atoms with van der Waals surface area (Å²) in [6.45, 7) is 3.97. The molecule has 1 aliphatic rings. The highest BCUT2D eigenvalue weighted by Gasteiger charge is 2.25. The first kappa shape index (κ1) is 13.4. The van der Waals surface area contributed by atoms with Gasteiger partial charge < -0.3 is 9.47 Å². The van der Waals surface area contributed by atoms with Crippen LogP contribution >= 0.6 is 15.9 Å². The molecule has 0 fully saturated rings. The first-order valence-corrected chi connectivity index (χ1v) is 7.72. The Labute approximate surface area is 134 Å². The van der Waals surface area contributed by atoms with Gasteiger partial charge >= 0.3 is 0 Å². The fourth-order valence-electron chi connectivity index (χ4n) is 2.71. The normalized spacial score (nSPS) is 14.4. The molecule has 0 radical (unpaired) electrons. The van der Waals surface area contributed by atoms with Crippen molar-refractivity contribution in [2.24, 2.45) is 0 Å². The molecule has 7 nitrogen and oxygen atoms in total. The van der Waals surface area contributed by atoms with Crippen LogP contribution in [-0.4, -0.2) is 41.5 Å². The molecule has 4 heterocycles. The van der Waals surface area contributed by atoms with Crippen molar-refractivity contribution in [3.63, 3.8) is 0 Å².